The molecular weight excluding hydrogens is 173 g/mol. The highest BCUT2D eigenvalue weighted by molar-refractivity contribution is 5.42. The quantitative estimate of drug-likeness (QED) is 0.695. The highest BCUT2D eigenvalue weighted by Gasteiger charge is 2.04. The lowest BCUT2D eigenvalue weighted by molar-refractivity contribution is 0.120. The van der Waals surface area contributed by atoms with Crippen molar-refractivity contribution in [2.24, 2.45) is 0 Å². The van der Waals surface area contributed by atoms with Gasteiger partial charge >= 0.3 is 0 Å². The minimum Gasteiger partial charge on any atom is -0.488 e. The average Bonchev–Trinajstić information content (AvgIpc) is 2.02. The first-order valence-electron chi connectivity index (χ1n) is 3.95. The summed E-state index contributed by atoms with van der Waals surface area (Å²) >= 11 is 0. The number of nitrogen functional groups attached to an aromatic ring is 1. The van der Waals surface area contributed by atoms with Crippen LogP contribution in [0.1, 0.15) is 6.92 Å². The first-order valence-corrected chi connectivity index (χ1v) is 3.95. The van der Waals surface area contributed by atoms with Gasteiger partial charge in [0, 0.05) is 11.8 Å². The van der Waals surface area contributed by atoms with Crippen LogP contribution >= 0.6 is 0 Å². The standard InChI is InChI=1S/C9H12FNO2/c1-6(12)5-13-9-3-2-7(11)4-8(9)10/h2-4,6,12H,5,11H2,1H3. The van der Waals surface area contributed by atoms with Crippen LogP contribution in [-0.4, -0.2) is 17.8 Å². The number of anilines is 1. The van der Waals surface area contributed by atoms with E-state index in [1.54, 1.807) is 13.0 Å². The molecule has 72 valence electrons. The van der Waals surface area contributed by atoms with Gasteiger partial charge in [-0.25, -0.2) is 4.39 Å². The maximum atomic E-state index is 13.0. The Morgan fingerprint density at radius 1 is 1.62 bits per heavy atom. The minimum absolute atomic E-state index is 0.0703. The third kappa shape index (κ3) is 2.91. The van der Waals surface area contributed by atoms with Gasteiger partial charge in [-0.15, -0.1) is 0 Å². The Balaban J connectivity index is 2.67. The number of rotatable bonds is 3. The molecular formula is C9H12FNO2. The molecule has 0 amide bonds. The van der Waals surface area contributed by atoms with E-state index in [-0.39, 0.29) is 12.4 Å². The summed E-state index contributed by atoms with van der Waals surface area (Å²) in [4.78, 5) is 0. The average molecular weight is 185 g/mol. The van der Waals surface area contributed by atoms with Gasteiger partial charge in [0.1, 0.15) is 6.61 Å². The van der Waals surface area contributed by atoms with Crippen molar-refractivity contribution in [1.82, 2.24) is 0 Å². The van der Waals surface area contributed by atoms with Crippen molar-refractivity contribution >= 4 is 5.69 Å². The van der Waals surface area contributed by atoms with Crippen LogP contribution < -0.4 is 10.5 Å². The zero-order valence-corrected chi connectivity index (χ0v) is 7.33. The summed E-state index contributed by atoms with van der Waals surface area (Å²) in [7, 11) is 0. The fourth-order valence-corrected chi connectivity index (χ4v) is 0.845. The molecule has 0 spiro atoms. The number of benzene rings is 1. The topological polar surface area (TPSA) is 55.5 Å². The van der Waals surface area contributed by atoms with Crippen LogP contribution in [0.4, 0.5) is 10.1 Å². The van der Waals surface area contributed by atoms with Gasteiger partial charge in [-0.3, -0.25) is 0 Å². The van der Waals surface area contributed by atoms with E-state index in [0.717, 1.165) is 0 Å². The van der Waals surface area contributed by atoms with Crippen LogP contribution in [0.5, 0.6) is 5.75 Å². The van der Waals surface area contributed by atoms with E-state index in [4.69, 9.17) is 15.6 Å². The third-order valence-corrected chi connectivity index (χ3v) is 1.44. The van der Waals surface area contributed by atoms with Crippen LogP contribution in [0.3, 0.4) is 0 Å². The van der Waals surface area contributed by atoms with Gasteiger partial charge in [-0.1, -0.05) is 0 Å². The summed E-state index contributed by atoms with van der Waals surface area (Å²) < 4.78 is 18.0. The Morgan fingerprint density at radius 2 is 2.31 bits per heavy atom. The molecule has 0 aromatic heterocycles. The lowest BCUT2D eigenvalue weighted by Crippen LogP contribution is -2.13. The minimum atomic E-state index is -0.614. The summed E-state index contributed by atoms with van der Waals surface area (Å²) in [6, 6.07) is 4.16. The molecule has 1 aromatic carbocycles. The van der Waals surface area contributed by atoms with E-state index in [2.05, 4.69) is 0 Å². The Morgan fingerprint density at radius 3 is 2.85 bits per heavy atom. The molecule has 1 unspecified atom stereocenters. The second-order valence-corrected chi connectivity index (χ2v) is 2.85. The Labute approximate surface area is 75.9 Å². The zero-order chi connectivity index (χ0) is 9.84. The molecule has 3 nitrogen and oxygen atoms in total. The zero-order valence-electron chi connectivity index (χ0n) is 7.33. The molecule has 1 aromatic rings. The molecule has 3 N–H and O–H groups in total. The van der Waals surface area contributed by atoms with Gasteiger partial charge in [-0.05, 0) is 19.1 Å². The van der Waals surface area contributed by atoms with E-state index in [0.29, 0.717) is 5.69 Å². The number of hydrogen-bond donors (Lipinski definition) is 2. The molecule has 13 heavy (non-hydrogen) atoms. The summed E-state index contributed by atoms with van der Waals surface area (Å²) in [6.07, 6.45) is -0.614. The second-order valence-electron chi connectivity index (χ2n) is 2.85. The molecule has 0 heterocycles. The van der Waals surface area contributed by atoms with E-state index in [9.17, 15) is 4.39 Å². The Hall–Kier alpha value is -1.29. The van der Waals surface area contributed by atoms with Crippen LogP contribution in [0, 0.1) is 5.82 Å². The lowest BCUT2D eigenvalue weighted by atomic mass is 10.3. The first kappa shape index (κ1) is 9.80. The summed E-state index contributed by atoms with van der Waals surface area (Å²) in [5.41, 5.74) is 5.69. The van der Waals surface area contributed by atoms with Crippen molar-refractivity contribution in [2.75, 3.05) is 12.3 Å². The summed E-state index contributed by atoms with van der Waals surface area (Å²) in [5, 5.41) is 8.89. The van der Waals surface area contributed by atoms with Crippen molar-refractivity contribution in [3.63, 3.8) is 0 Å². The highest BCUT2D eigenvalue weighted by Crippen LogP contribution is 2.19. The van der Waals surface area contributed by atoms with Crippen molar-refractivity contribution in [2.45, 2.75) is 13.0 Å². The van der Waals surface area contributed by atoms with Crippen molar-refractivity contribution in [1.29, 1.82) is 0 Å². The molecule has 0 saturated carbocycles. The first-order chi connectivity index (χ1) is 6.09. The van der Waals surface area contributed by atoms with Crippen molar-refractivity contribution in [3.8, 4) is 5.75 Å². The van der Waals surface area contributed by atoms with Gasteiger partial charge in [0.15, 0.2) is 11.6 Å². The van der Waals surface area contributed by atoms with Gasteiger partial charge in [0.2, 0.25) is 0 Å². The monoisotopic (exact) mass is 185 g/mol. The number of halogens is 1. The number of hydrogen-bond acceptors (Lipinski definition) is 3. The number of aliphatic hydroxyl groups is 1. The largest absolute Gasteiger partial charge is 0.488 e. The van der Waals surface area contributed by atoms with Gasteiger partial charge in [-0.2, -0.15) is 0 Å². The van der Waals surface area contributed by atoms with E-state index < -0.39 is 11.9 Å². The van der Waals surface area contributed by atoms with Crippen molar-refractivity contribution < 1.29 is 14.2 Å². The molecule has 0 aliphatic heterocycles. The molecule has 0 aliphatic carbocycles. The molecule has 0 bridgehead atoms. The second kappa shape index (κ2) is 4.09. The van der Waals surface area contributed by atoms with E-state index in [1.165, 1.54) is 12.1 Å². The predicted molar refractivity (Wildman–Crippen MR) is 48.0 cm³/mol. The summed E-state index contributed by atoms with van der Waals surface area (Å²) in [6.45, 7) is 1.63. The van der Waals surface area contributed by atoms with Gasteiger partial charge in [0.05, 0.1) is 6.10 Å². The van der Waals surface area contributed by atoms with Crippen LogP contribution in [-0.2, 0) is 0 Å². The maximum absolute atomic E-state index is 13.0. The van der Waals surface area contributed by atoms with Crippen LogP contribution in [0.25, 0.3) is 0 Å². The molecule has 0 saturated heterocycles. The highest BCUT2D eigenvalue weighted by atomic mass is 19.1. The maximum Gasteiger partial charge on any atom is 0.167 e. The van der Waals surface area contributed by atoms with E-state index in [1.807, 2.05) is 0 Å². The SMILES string of the molecule is CC(O)COc1ccc(N)cc1F. The van der Waals surface area contributed by atoms with Gasteiger partial charge in [0.25, 0.3) is 0 Å². The third-order valence-electron chi connectivity index (χ3n) is 1.44. The summed E-state index contributed by atoms with van der Waals surface area (Å²) in [5.74, 6) is -0.407. The smallest absolute Gasteiger partial charge is 0.167 e. The Bertz CT molecular complexity index is 289. The molecule has 1 rings (SSSR count). The molecule has 0 fully saturated rings. The fourth-order valence-electron chi connectivity index (χ4n) is 0.845. The molecule has 0 radical (unpaired) electrons. The molecule has 0 aliphatic rings. The normalized spacial score (nSPS) is 12.5. The molecule has 1 atom stereocenters. The van der Waals surface area contributed by atoms with Crippen LogP contribution in [0.15, 0.2) is 18.2 Å². The lowest BCUT2D eigenvalue weighted by Gasteiger charge is -2.08. The number of ether oxygens (including phenoxy) is 1. The van der Waals surface area contributed by atoms with Gasteiger partial charge < -0.3 is 15.6 Å². The Kier molecular flexibility index (Phi) is 3.08. The van der Waals surface area contributed by atoms with Crippen molar-refractivity contribution in [3.05, 3.63) is 24.0 Å². The molecule has 4 heteroatoms. The van der Waals surface area contributed by atoms with E-state index >= 15 is 0 Å². The number of aliphatic hydroxyl groups excluding tert-OH is 1. The van der Waals surface area contributed by atoms with Crippen LogP contribution in [0.2, 0.25) is 0 Å². The predicted octanol–water partition coefficient (Wildman–Crippen LogP) is 1.17. The fraction of sp³-hybridized carbons (Fsp3) is 0.333. The number of nitrogens with two attached hydrogens (primary N) is 1.